The molecule has 0 heterocycles. The molecule has 0 aromatic carbocycles. The maximum atomic E-state index is 13.1. The maximum absolute atomic E-state index is 13.1. The Morgan fingerprint density at radius 2 is 0.392 bits per heavy atom. The summed E-state index contributed by atoms with van der Waals surface area (Å²) < 4.78 is 68.8. The van der Waals surface area contributed by atoms with E-state index in [0.717, 1.165) is 89.9 Å². The topological polar surface area (TPSA) is 237 Å². The van der Waals surface area contributed by atoms with E-state index < -0.39 is 97.5 Å². The van der Waals surface area contributed by atoms with Crippen molar-refractivity contribution >= 4 is 39.5 Å². The number of hydrogen-bond acceptors (Lipinski definition) is 15. The van der Waals surface area contributed by atoms with Gasteiger partial charge in [0.2, 0.25) is 0 Å². The molecule has 0 aliphatic carbocycles. The second-order valence-corrected chi connectivity index (χ2v) is 32.8. The highest BCUT2D eigenvalue weighted by Gasteiger charge is 2.30. The first-order chi connectivity index (χ1) is 49.7. The number of aliphatic hydroxyl groups is 1. The number of carbonyl (C=O) groups is 4. The number of phosphoric acid groups is 2. The third-order valence-corrected chi connectivity index (χ3v) is 21.5. The molecule has 0 spiro atoms. The molecule has 0 saturated heterocycles. The molecule has 0 radical (unpaired) electrons. The van der Waals surface area contributed by atoms with Gasteiger partial charge in [0.25, 0.3) is 0 Å². The van der Waals surface area contributed by atoms with E-state index in [4.69, 9.17) is 37.0 Å². The number of unbranched alkanes of at least 4 members (excludes halogenated alkanes) is 58. The molecule has 0 saturated carbocycles. The fourth-order valence-corrected chi connectivity index (χ4v) is 14.6. The fraction of sp³-hybridized carbons (Fsp3) is 0.952. The standard InChI is InChI=1S/C83H162O17P2/c1-5-9-13-17-21-25-29-33-35-37-38-39-40-41-42-44-46-50-54-58-62-66-70-83(88)100-79(74-94-81(86)68-64-60-56-52-49-45-43-36-34-30-26-22-18-14-10-6-2)76-98-102(91,92)96-72-77(84)71-95-101(89,90)97-75-78(99-82(87)69-65-61-57-53-48-32-28-24-20-16-12-8-4)73-93-80(85)67-63-59-55-51-47-31-27-23-19-15-11-7-3/h77-79,84H,5-76H2,1-4H3,(H,89,90)(H,91,92)/t77-,78+,79+/m0/s1. The SMILES string of the molecule is CCCCCCCCCCCCCCCCCCCCCCCCC(=O)O[C@H](COC(=O)CCCCCCCCCCCCCCCCCC)COP(=O)(O)OC[C@@H](O)COP(=O)(O)OC[C@@H](COC(=O)CCCCCCCCCCCCCC)OC(=O)CCCCCCCCCCCCCC. The van der Waals surface area contributed by atoms with Crippen molar-refractivity contribution in [3.63, 3.8) is 0 Å². The molecular weight excluding hydrogens is 1330 g/mol. The lowest BCUT2D eigenvalue weighted by Crippen LogP contribution is -2.30. The molecule has 0 bridgehead atoms. The van der Waals surface area contributed by atoms with Crippen molar-refractivity contribution in [1.29, 1.82) is 0 Å². The molecule has 606 valence electrons. The summed E-state index contributed by atoms with van der Waals surface area (Å²) in [6.07, 6.45) is 70.8. The zero-order chi connectivity index (χ0) is 74.6. The highest BCUT2D eigenvalue weighted by molar-refractivity contribution is 7.47. The van der Waals surface area contributed by atoms with Gasteiger partial charge in [0.05, 0.1) is 26.4 Å². The Bertz CT molecular complexity index is 1930. The normalized spacial score (nSPS) is 13.8. The van der Waals surface area contributed by atoms with Crippen LogP contribution in [0.25, 0.3) is 0 Å². The molecule has 19 heteroatoms. The minimum Gasteiger partial charge on any atom is -0.462 e. The van der Waals surface area contributed by atoms with Crippen LogP contribution in [0.15, 0.2) is 0 Å². The van der Waals surface area contributed by atoms with Crippen LogP contribution in [-0.2, 0) is 65.4 Å². The van der Waals surface area contributed by atoms with Crippen LogP contribution in [0.3, 0.4) is 0 Å². The summed E-state index contributed by atoms with van der Waals surface area (Å²) in [5.74, 6) is -2.10. The zero-order valence-electron chi connectivity index (χ0n) is 66.6. The van der Waals surface area contributed by atoms with Crippen molar-refractivity contribution in [1.82, 2.24) is 0 Å². The highest BCUT2D eigenvalue weighted by Crippen LogP contribution is 2.45. The van der Waals surface area contributed by atoms with Gasteiger partial charge in [-0.3, -0.25) is 37.3 Å². The van der Waals surface area contributed by atoms with Crippen LogP contribution < -0.4 is 0 Å². The van der Waals surface area contributed by atoms with Gasteiger partial charge in [0.1, 0.15) is 19.3 Å². The summed E-state index contributed by atoms with van der Waals surface area (Å²) in [5, 5.41) is 10.7. The molecule has 0 aliphatic heterocycles. The summed E-state index contributed by atoms with van der Waals surface area (Å²) in [5.41, 5.74) is 0. The highest BCUT2D eigenvalue weighted by atomic mass is 31.2. The third-order valence-electron chi connectivity index (χ3n) is 19.6. The quantitative estimate of drug-likeness (QED) is 0.0222. The summed E-state index contributed by atoms with van der Waals surface area (Å²) in [6.45, 7) is 5.04. The molecule has 3 N–H and O–H groups in total. The second kappa shape index (κ2) is 77.2. The van der Waals surface area contributed by atoms with Crippen LogP contribution in [0, 0.1) is 0 Å². The van der Waals surface area contributed by atoms with Crippen molar-refractivity contribution in [3.8, 4) is 0 Å². The van der Waals surface area contributed by atoms with Crippen molar-refractivity contribution < 1.29 is 80.2 Å². The molecule has 0 fully saturated rings. The van der Waals surface area contributed by atoms with E-state index in [9.17, 15) is 43.2 Å². The number of ether oxygens (including phenoxy) is 4. The van der Waals surface area contributed by atoms with E-state index in [2.05, 4.69) is 27.7 Å². The lowest BCUT2D eigenvalue weighted by atomic mass is 10.0. The minimum absolute atomic E-state index is 0.108. The molecule has 0 aromatic heterocycles. The summed E-state index contributed by atoms with van der Waals surface area (Å²) in [4.78, 5) is 73.1. The van der Waals surface area contributed by atoms with Crippen molar-refractivity contribution in [2.24, 2.45) is 0 Å². The lowest BCUT2D eigenvalue weighted by molar-refractivity contribution is -0.161. The van der Waals surface area contributed by atoms with Crippen molar-refractivity contribution in [2.75, 3.05) is 39.6 Å². The Morgan fingerprint density at radius 1 is 0.235 bits per heavy atom. The van der Waals surface area contributed by atoms with E-state index in [-0.39, 0.29) is 25.7 Å². The maximum Gasteiger partial charge on any atom is 0.472 e. The summed E-state index contributed by atoms with van der Waals surface area (Å²) in [7, 11) is -9.92. The van der Waals surface area contributed by atoms with Crippen LogP contribution >= 0.6 is 15.6 Å². The molecule has 0 aromatic rings. The van der Waals surface area contributed by atoms with Crippen molar-refractivity contribution in [3.05, 3.63) is 0 Å². The fourth-order valence-electron chi connectivity index (χ4n) is 13.0. The summed E-state index contributed by atoms with van der Waals surface area (Å²) >= 11 is 0. The van der Waals surface area contributed by atoms with Gasteiger partial charge in [0.15, 0.2) is 12.2 Å². The lowest BCUT2D eigenvalue weighted by Gasteiger charge is -2.21. The molecule has 0 rings (SSSR count). The Morgan fingerprint density at radius 3 is 0.578 bits per heavy atom. The first-order valence-corrected chi connectivity index (χ1v) is 46.3. The number of hydrogen-bond donors (Lipinski definition) is 3. The average Bonchev–Trinajstić information content (AvgIpc) is 0.948. The van der Waals surface area contributed by atoms with Crippen LogP contribution in [0.5, 0.6) is 0 Å². The van der Waals surface area contributed by atoms with Gasteiger partial charge in [-0.2, -0.15) is 0 Å². The second-order valence-electron chi connectivity index (χ2n) is 29.9. The smallest absolute Gasteiger partial charge is 0.462 e. The van der Waals surface area contributed by atoms with Gasteiger partial charge in [-0.15, -0.1) is 0 Å². The Kier molecular flexibility index (Phi) is 75.8. The molecule has 5 atom stereocenters. The summed E-state index contributed by atoms with van der Waals surface area (Å²) in [6, 6.07) is 0. The van der Waals surface area contributed by atoms with E-state index in [1.54, 1.807) is 0 Å². The number of aliphatic hydroxyl groups excluding tert-OH is 1. The van der Waals surface area contributed by atoms with E-state index >= 15 is 0 Å². The van der Waals surface area contributed by atoms with E-state index in [0.29, 0.717) is 25.7 Å². The third kappa shape index (κ3) is 76.3. The van der Waals surface area contributed by atoms with Gasteiger partial charge in [-0.1, -0.05) is 400 Å². The molecule has 2 unspecified atom stereocenters. The van der Waals surface area contributed by atoms with Crippen LogP contribution in [-0.4, -0.2) is 96.7 Å². The van der Waals surface area contributed by atoms with Gasteiger partial charge in [0, 0.05) is 25.7 Å². The number of rotatable bonds is 84. The van der Waals surface area contributed by atoms with Gasteiger partial charge in [-0.25, -0.2) is 9.13 Å². The first kappa shape index (κ1) is 100. The van der Waals surface area contributed by atoms with Crippen LogP contribution in [0.2, 0.25) is 0 Å². The van der Waals surface area contributed by atoms with Gasteiger partial charge in [-0.05, 0) is 25.7 Å². The largest absolute Gasteiger partial charge is 0.472 e. The number of carbonyl (C=O) groups excluding carboxylic acids is 4. The number of phosphoric ester groups is 2. The van der Waals surface area contributed by atoms with Gasteiger partial charge >= 0.3 is 39.5 Å². The van der Waals surface area contributed by atoms with Crippen LogP contribution in [0.1, 0.15) is 451 Å². The predicted molar refractivity (Wildman–Crippen MR) is 419 cm³/mol. The Hall–Kier alpha value is -1.94. The van der Waals surface area contributed by atoms with Crippen molar-refractivity contribution in [2.45, 2.75) is 470 Å². The van der Waals surface area contributed by atoms with E-state index in [1.165, 1.54) is 283 Å². The monoisotopic (exact) mass is 1490 g/mol. The zero-order valence-corrected chi connectivity index (χ0v) is 68.4. The molecule has 0 aliphatic rings. The van der Waals surface area contributed by atoms with Gasteiger partial charge < -0.3 is 33.8 Å². The first-order valence-electron chi connectivity index (χ1n) is 43.3. The molecular formula is C83H162O17P2. The molecule has 0 amide bonds. The van der Waals surface area contributed by atoms with E-state index in [1.807, 2.05) is 0 Å². The Labute approximate surface area is 626 Å². The Balaban J connectivity index is 5.21. The molecule has 17 nitrogen and oxygen atoms in total. The number of esters is 4. The average molecular weight is 1490 g/mol. The minimum atomic E-state index is -4.96. The molecule has 102 heavy (non-hydrogen) atoms. The van der Waals surface area contributed by atoms with Crippen LogP contribution in [0.4, 0.5) is 0 Å². The predicted octanol–water partition coefficient (Wildman–Crippen LogP) is 25.4.